The van der Waals surface area contributed by atoms with Gasteiger partial charge in [-0.3, -0.25) is 0 Å². The number of hydrogen-bond acceptors (Lipinski definition) is 6. The van der Waals surface area contributed by atoms with E-state index in [1.807, 2.05) is 39.0 Å². The minimum Gasteiger partial charge on any atom is -0.370 e. The Morgan fingerprint density at radius 2 is 2.12 bits per heavy atom. The zero-order valence-electron chi connectivity index (χ0n) is 14.4. The summed E-state index contributed by atoms with van der Waals surface area (Å²) < 4.78 is 0. The van der Waals surface area contributed by atoms with E-state index in [1.54, 1.807) is 0 Å². The Morgan fingerprint density at radius 1 is 1.29 bits per heavy atom. The second-order valence-corrected chi connectivity index (χ2v) is 6.37. The third-order valence-corrected chi connectivity index (χ3v) is 4.59. The molecule has 1 fully saturated rings. The van der Waals surface area contributed by atoms with Crippen LogP contribution < -0.4 is 10.2 Å². The van der Waals surface area contributed by atoms with Crippen LogP contribution in [-0.2, 0) is 0 Å². The number of hydrogen-bond donors (Lipinski definition) is 1. The molecule has 2 aromatic rings. The molecule has 6 nitrogen and oxygen atoms in total. The first-order valence-corrected chi connectivity index (χ1v) is 8.25. The summed E-state index contributed by atoms with van der Waals surface area (Å²) in [5.74, 6) is 2.14. The Balaban J connectivity index is 1.66. The predicted octanol–water partition coefficient (Wildman–Crippen LogP) is 2.61. The highest BCUT2D eigenvalue weighted by Gasteiger charge is 2.26. The first-order chi connectivity index (χ1) is 11.6. The Hall–Kier alpha value is -2.68. The molecule has 24 heavy (non-hydrogen) atoms. The lowest BCUT2D eigenvalue weighted by atomic mass is 10.1. The molecule has 0 saturated carbocycles. The van der Waals surface area contributed by atoms with Crippen LogP contribution in [0, 0.1) is 38.0 Å². The maximum atomic E-state index is 9.46. The Bertz CT molecular complexity index is 780. The molecule has 0 bridgehead atoms. The Morgan fingerprint density at radius 3 is 2.88 bits per heavy atom. The lowest BCUT2D eigenvalue weighted by Gasteiger charge is -2.19. The lowest BCUT2D eigenvalue weighted by molar-refractivity contribution is 0.620. The summed E-state index contributed by atoms with van der Waals surface area (Å²) >= 11 is 0. The average Bonchev–Trinajstić information content (AvgIpc) is 3.04. The molecule has 1 saturated heterocycles. The maximum absolute atomic E-state index is 9.46. The third kappa shape index (κ3) is 3.30. The fourth-order valence-corrected chi connectivity index (χ4v) is 3.03. The number of pyridine rings is 1. The molecule has 1 aliphatic heterocycles. The van der Waals surface area contributed by atoms with E-state index in [1.165, 1.54) is 0 Å². The molecule has 0 unspecified atom stereocenters. The van der Waals surface area contributed by atoms with Crippen LogP contribution in [0.1, 0.15) is 28.9 Å². The van der Waals surface area contributed by atoms with Crippen molar-refractivity contribution in [3.63, 3.8) is 0 Å². The van der Waals surface area contributed by atoms with Gasteiger partial charge in [0.1, 0.15) is 17.5 Å². The van der Waals surface area contributed by atoms with Crippen molar-refractivity contribution in [1.82, 2.24) is 15.2 Å². The zero-order chi connectivity index (χ0) is 17.1. The smallest absolute Gasteiger partial charge is 0.169 e. The van der Waals surface area contributed by atoms with Gasteiger partial charge >= 0.3 is 0 Å². The molecule has 124 valence electrons. The molecular formula is C18H22N6. The van der Waals surface area contributed by atoms with Crippen molar-refractivity contribution in [2.24, 2.45) is 5.92 Å². The van der Waals surface area contributed by atoms with Crippen molar-refractivity contribution in [3.05, 3.63) is 40.7 Å². The van der Waals surface area contributed by atoms with Gasteiger partial charge in [0.15, 0.2) is 5.82 Å². The molecule has 1 atom stereocenters. The van der Waals surface area contributed by atoms with Gasteiger partial charge in [0.05, 0.1) is 5.69 Å². The van der Waals surface area contributed by atoms with E-state index >= 15 is 0 Å². The molecule has 0 radical (unpaired) electrons. The number of aryl methyl sites for hydroxylation is 2. The highest BCUT2D eigenvalue weighted by Crippen LogP contribution is 2.27. The van der Waals surface area contributed by atoms with Crippen LogP contribution in [0.5, 0.6) is 0 Å². The van der Waals surface area contributed by atoms with Gasteiger partial charge in [-0.1, -0.05) is 6.07 Å². The van der Waals surface area contributed by atoms with Crippen LogP contribution in [0.4, 0.5) is 11.6 Å². The highest BCUT2D eigenvalue weighted by atomic mass is 15.3. The van der Waals surface area contributed by atoms with Crippen LogP contribution in [0.2, 0.25) is 0 Å². The molecule has 3 rings (SSSR count). The minimum absolute atomic E-state index is 0.502. The fourth-order valence-electron chi connectivity index (χ4n) is 3.03. The van der Waals surface area contributed by atoms with Crippen LogP contribution >= 0.6 is 0 Å². The second kappa shape index (κ2) is 6.83. The highest BCUT2D eigenvalue weighted by molar-refractivity contribution is 5.58. The normalized spacial score (nSPS) is 16.9. The van der Waals surface area contributed by atoms with Gasteiger partial charge in [-0.15, -0.1) is 5.10 Å². The molecule has 6 heteroatoms. The van der Waals surface area contributed by atoms with Gasteiger partial charge in [-0.25, -0.2) is 4.98 Å². The van der Waals surface area contributed by atoms with Crippen molar-refractivity contribution in [2.75, 3.05) is 29.9 Å². The largest absolute Gasteiger partial charge is 0.370 e. The van der Waals surface area contributed by atoms with Crippen molar-refractivity contribution < 1.29 is 0 Å². The van der Waals surface area contributed by atoms with Crippen molar-refractivity contribution in [3.8, 4) is 6.07 Å². The van der Waals surface area contributed by atoms with Gasteiger partial charge in [-0.05, 0) is 50.8 Å². The van der Waals surface area contributed by atoms with Gasteiger partial charge in [-0.2, -0.15) is 10.4 Å². The molecule has 1 N–H and O–H groups in total. The third-order valence-electron chi connectivity index (χ3n) is 4.59. The summed E-state index contributed by atoms with van der Waals surface area (Å²) in [7, 11) is 0. The van der Waals surface area contributed by atoms with Crippen molar-refractivity contribution in [1.29, 1.82) is 5.26 Å². The average molecular weight is 322 g/mol. The Labute approximate surface area is 142 Å². The number of nitrogens with zero attached hydrogens (tertiary/aromatic N) is 5. The fraction of sp³-hybridized carbons (Fsp3) is 0.444. The van der Waals surface area contributed by atoms with E-state index in [0.717, 1.165) is 54.6 Å². The summed E-state index contributed by atoms with van der Waals surface area (Å²) in [5, 5.41) is 21.3. The van der Waals surface area contributed by atoms with Crippen LogP contribution in [0.15, 0.2) is 18.2 Å². The van der Waals surface area contributed by atoms with E-state index < -0.39 is 0 Å². The minimum atomic E-state index is 0.502. The quantitative estimate of drug-likeness (QED) is 0.932. The maximum Gasteiger partial charge on any atom is 0.169 e. The van der Waals surface area contributed by atoms with Gasteiger partial charge < -0.3 is 10.2 Å². The molecule has 0 spiro atoms. The molecular weight excluding hydrogens is 300 g/mol. The van der Waals surface area contributed by atoms with Gasteiger partial charge in [0, 0.05) is 25.3 Å². The summed E-state index contributed by atoms with van der Waals surface area (Å²) in [5.41, 5.74) is 3.40. The first kappa shape index (κ1) is 16.2. The summed E-state index contributed by atoms with van der Waals surface area (Å²) in [6.07, 6.45) is 1.07. The van der Waals surface area contributed by atoms with E-state index in [4.69, 9.17) is 0 Å². The van der Waals surface area contributed by atoms with Gasteiger partial charge in [0.25, 0.3) is 0 Å². The monoisotopic (exact) mass is 322 g/mol. The zero-order valence-corrected chi connectivity index (χ0v) is 14.4. The lowest BCUT2D eigenvalue weighted by Crippen LogP contribution is -2.25. The van der Waals surface area contributed by atoms with Crippen molar-refractivity contribution in [2.45, 2.75) is 27.2 Å². The van der Waals surface area contributed by atoms with E-state index in [9.17, 15) is 5.26 Å². The molecule has 0 aliphatic carbocycles. The van der Waals surface area contributed by atoms with Crippen LogP contribution in [0.25, 0.3) is 0 Å². The topological polar surface area (TPSA) is 77.7 Å². The summed E-state index contributed by atoms with van der Waals surface area (Å²) in [6.45, 7) is 8.46. The Kier molecular flexibility index (Phi) is 4.61. The number of anilines is 2. The van der Waals surface area contributed by atoms with Crippen LogP contribution in [-0.4, -0.2) is 34.8 Å². The molecule has 0 aromatic carbocycles. The van der Waals surface area contributed by atoms with Crippen LogP contribution in [0.3, 0.4) is 0 Å². The second-order valence-electron chi connectivity index (χ2n) is 6.37. The standard InChI is InChI=1S/C18H22N6/c1-12-5-4-6-17(21-12)20-10-15-7-8-24(11-15)18-16(9-19)13(2)14(3)22-23-18/h4-6,15H,7-8,10-11H2,1-3H3,(H,20,21)/t15-/m1/s1. The SMILES string of the molecule is Cc1cccc(NC[C@H]2CCN(c3nnc(C)c(C)c3C#N)C2)n1. The van der Waals surface area contributed by atoms with E-state index in [-0.39, 0.29) is 0 Å². The number of nitriles is 1. The molecule has 3 heterocycles. The van der Waals surface area contributed by atoms with E-state index in [2.05, 4.69) is 31.5 Å². The number of rotatable bonds is 4. The summed E-state index contributed by atoms with van der Waals surface area (Å²) in [6, 6.07) is 8.28. The first-order valence-electron chi connectivity index (χ1n) is 8.25. The molecule has 1 aliphatic rings. The van der Waals surface area contributed by atoms with Crippen molar-refractivity contribution >= 4 is 11.6 Å². The van der Waals surface area contributed by atoms with E-state index in [0.29, 0.717) is 11.5 Å². The summed E-state index contributed by atoms with van der Waals surface area (Å²) in [4.78, 5) is 6.64. The molecule has 2 aromatic heterocycles. The number of aromatic nitrogens is 3. The number of nitrogens with one attached hydrogen (secondary N) is 1. The molecule has 0 amide bonds. The van der Waals surface area contributed by atoms with Gasteiger partial charge in [0.2, 0.25) is 0 Å². The predicted molar refractivity (Wildman–Crippen MR) is 94.0 cm³/mol.